The molecule has 4 heteroatoms. The first-order chi connectivity index (χ1) is 6.50. The van der Waals surface area contributed by atoms with Gasteiger partial charge >= 0.3 is 6.03 Å². The lowest BCUT2D eigenvalue weighted by molar-refractivity contribution is 0.113. The van der Waals surface area contributed by atoms with Gasteiger partial charge in [-0.2, -0.15) is 0 Å². The Balaban J connectivity index is 2.25. The van der Waals surface area contributed by atoms with E-state index in [2.05, 4.69) is 5.32 Å². The summed E-state index contributed by atoms with van der Waals surface area (Å²) in [6.45, 7) is 4.27. The number of urea groups is 1. The highest BCUT2D eigenvalue weighted by Crippen LogP contribution is 2.32. The first-order valence-corrected chi connectivity index (χ1v) is 5.20. The fraction of sp³-hybridized carbons (Fsp3) is 0.900. The second kappa shape index (κ2) is 4.64. The van der Waals surface area contributed by atoms with E-state index in [9.17, 15) is 9.90 Å². The minimum atomic E-state index is -0.349. The molecule has 4 nitrogen and oxygen atoms in total. The summed E-state index contributed by atoms with van der Waals surface area (Å²) in [5.41, 5.74) is 0. The number of hydrogen-bond acceptors (Lipinski definition) is 2. The van der Waals surface area contributed by atoms with Crippen LogP contribution in [0, 0.1) is 5.92 Å². The Kier molecular flexibility index (Phi) is 3.75. The highest BCUT2D eigenvalue weighted by molar-refractivity contribution is 5.74. The van der Waals surface area contributed by atoms with E-state index in [4.69, 9.17) is 0 Å². The third-order valence-corrected chi connectivity index (χ3v) is 2.39. The van der Waals surface area contributed by atoms with Crippen LogP contribution in [-0.2, 0) is 0 Å². The van der Waals surface area contributed by atoms with Gasteiger partial charge in [-0.05, 0) is 32.6 Å². The Morgan fingerprint density at radius 2 is 2.14 bits per heavy atom. The standard InChI is InChI=1S/C10H20N2O2/c1-7(2)11-10(14)12(3)6-9(13)8-4-5-8/h7-9,13H,4-6H2,1-3H3,(H,11,14). The largest absolute Gasteiger partial charge is 0.391 e. The summed E-state index contributed by atoms with van der Waals surface area (Å²) >= 11 is 0. The predicted octanol–water partition coefficient (Wildman–Crippen LogP) is 0.807. The molecule has 1 aliphatic carbocycles. The maximum Gasteiger partial charge on any atom is 0.317 e. The van der Waals surface area contributed by atoms with Crippen LogP contribution in [0.25, 0.3) is 0 Å². The molecule has 1 rings (SSSR count). The maximum absolute atomic E-state index is 11.4. The Hall–Kier alpha value is -0.770. The molecule has 14 heavy (non-hydrogen) atoms. The van der Waals surface area contributed by atoms with Crippen molar-refractivity contribution in [3.8, 4) is 0 Å². The monoisotopic (exact) mass is 200 g/mol. The maximum atomic E-state index is 11.4. The Labute approximate surface area is 85.3 Å². The third kappa shape index (κ3) is 3.54. The molecule has 0 aromatic carbocycles. The van der Waals surface area contributed by atoms with E-state index in [1.165, 1.54) is 0 Å². The van der Waals surface area contributed by atoms with Gasteiger partial charge in [0.1, 0.15) is 0 Å². The Bertz CT molecular complexity index is 202. The number of nitrogens with zero attached hydrogens (tertiary/aromatic N) is 1. The van der Waals surface area contributed by atoms with E-state index >= 15 is 0 Å². The quantitative estimate of drug-likeness (QED) is 0.705. The topological polar surface area (TPSA) is 52.6 Å². The predicted molar refractivity (Wildman–Crippen MR) is 55.0 cm³/mol. The fourth-order valence-corrected chi connectivity index (χ4v) is 1.35. The van der Waals surface area contributed by atoms with Gasteiger partial charge in [0.05, 0.1) is 6.10 Å². The average molecular weight is 200 g/mol. The number of carbonyl (C=O) groups is 1. The third-order valence-electron chi connectivity index (χ3n) is 2.39. The minimum Gasteiger partial charge on any atom is -0.391 e. The van der Waals surface area contributed by atoms with Crippen molar-refractivity contribution in [2.75, 3.05) is 13.6 Å². The van der Waals surface area contributed by atoms with E-state index < -0.39 is 0 Å². The zero-order chi connectivity index (χ0) is 10.7. The number of amides is 2. The number of aliphatic hydroxyl groups is 1. The van der Waals surface area contributed by atoms with Gasteiger partial charge in [-0.3, -0.25) is 0 Å². The molecule has 82 valence electrons. The number of nitrogens with one attached hydrogen (secondary N) is 1. The molecule has 0 heterocycles. The summed E-state index contributed by atoms with van der Waals surface area (Å²) < 4.78 is 0. The van der Waals surface area contributed by atoms with Crippen molar-refractivity contribution in [2.24, 2.45) is 5.92 Å². The second-order valence-electron chi connectivity index (χ2n) is 4.39. The molecule has 1 atom stereocenters. The van der Waals surface area contributed by atoms with Crippen molar-refractivity contribution in [3.05, 3.63) is 0 Å². The summed E-state index contributed by atoms with van der Waals surface area (Å²) in [5.74, 6) is 0.421. The molecule has 0 aromatic heterocycles. The van der Waals surface area contributed by atoms with Crippen LogP contribution in [0.5, 0.6) is 0 Å². The van der Waals surface area contributed by atoms with Crippen molar-refractivity contribution in [1.29, 1.82) is 0 Å². The second-order valence-corrected chi connectivity index (χ2v) is 4.39. The molecule has 1 unspecified atom stereocenters. The van der Waals surface area contributed by atoms with Crippen LogP contribution < -0.4 is 5.32 Å². The highest BCUT2D eigenvalue weighted by atomic mass is 16.3. The van der Waals surface area contributed by atoms with Gasteiger partial charge in [-0.15, -0.1) is 0 Å². The van der Waals surface area contributed by atoms with E-state index in [-0.39, 0.29) is 18.2 Å². The van der Waals surface area contributed by atoms with Gasteiger partial charge in [0, 0.05) is 19.6 Å². The van der Waals surface area contributed by atoms with Gasteiger partial charge in [-0.1, -0.05) is 0 Å². The van der Waals surface area contributed by atoms with Crippen LogP contribution in [0.1, 0.15) is 26.7 Å². The fourth-order valence-electron chi connectivity index (χ4n) is 1.35. The minimum absolute atomic E-state index is 0.111. The van der Waals surface area contributed by atoms with Crippen LogP contribution in [-0.4, -0.2) is 41.8 Å². The molecule has 0 bridgehead atoms. The molecule has 1 saturated carbocycles. The number of rotatable bonds is 4. The van der Waals surface area contributed by atoms with Gasteiger partial charge in [0.15, 0.2) is 0 Å². The summed E-state index contributed by atoms with van der Waals surface area (Å²) in [5, 5.41) is 12.4. The molecule has 2 N–H and O–H groups in total. The number of likely N-dealkylation sites (N-methyl/N-ethyl adjacent to an activating group) is 1. The van der Waals surface area contributed by atoms with E-state index in [1.807, 2.05) is 13.8 Å². The number of aliphatic hydroxyl groups excluding tert-OH is 1. The normalized spacial score (nSPS) is 18.1. The van der Waals surface area contributed by atoms with E-state index in [1.54, 1.807) is 11.9 Å². The summed E-state index contributed by atoms with van der Waals surface area (Å²) in [4.78, 5) is 13.0. The average Bonchev–Trinajstić information content (AvgIpc) is 2.84. The smallest absolute Gasteiger partial charge is 0.317 e. The zero-order valence-electron chi connectivity index (χ0n) is 9.16. The lowest BCUT2D eigenvalue weighted by Crippen LogP contribution is -2.44. The van der Waals surface area contributed by atoms with Crippen LogP contribution >= 0.6 is 0 Å². The van der Waals surface area contributed by atoms with Crippen molar-refractivity contribution in [3.63, 3.8) is 0 Å². The van der Waals surface area contributed by atoms with Gasteiger partial charge < -0.3 is 15.3 Å². The first kappa shape index (κ1) is 11.3. The van der Waals surface area contributed by atoms with Crippen LogP contribution in [0.2, 0.25) is 0 Å². The molecule has 0 saturated heterocycles. The Morgan fingerprint density at radius 1 is 1.57 bits per heavy atom. The van der Waals surface area contributed by atoms with Crippen molar-refractivity contribution >= 4 is 6.03 Å². The molecule has 0 aromatic rings. The first-order valence-electron chi connectivity index (χ1n) is 5.20. The molecular formula is C10H20N2O2. The van der Waals surface area contributed by atoms with Crippen LogP contribution in [0.15, 0.2) is 0 Å². The molecule has 1 fully saturated rings. The Morgan fingerprint density at radius 3 is 2.57 bits per heavy atom. The lowest BCUT2D eigenvalue weighted by Gasteiger charge is -2.22. The highest BCUT2D eigenvalue weighted by Gasteiger charge is 2.31. The molecule has 0 spiro atoms. The summed E-state index contributed by atoms with van der Waals surface area (Å²) in [7, 11) is 1.71. The summed E-state index contributed by atoms with van der Waals surface area (Å²) in [6, 6.07) is 0.0303. The van der Waals surface area contributed by atoms with Gasteiger partial charge in [-0.25, -0.2) is 4.79 Å². The number of hydrogen-bond donors (Lipinski definition) is 2. The van der Waals surface area contributed by atoms with Crippen molar-refractivity contribution < 1.29 is 9.90 Å². The lowest BCUT2D eigenvalue weighted by atomic mass is 10.2. The van der Waals surface area contributed by atoms with Crippen LogP contribution in [0.3, 0.4) is 0 Å². The van der Waals surface area contributed by atoms with Gasteiger partial charge in [0.2, 0.25) is 0 Å². The SMILES string of the molecule is CC(C)NC(=O)N(C)CC(O)C1CC1. The van der Waals surface area contributed by atoms with Gasteiger partial charge in [0.25, 0.3) is 0 Å². The number of carbonyl (C=O) groups excluding carboxylic acids is 1. The van der Waals surface area contributed by atoms with Crippen molar-refractivity contribution in [1.82, 2.24) is 10.2 Å². The van der Waals surface area contributed by atoms with E-state index in [0.717, 1.165) is 12.8 Å². The zero-order valence-corrected chi connectivity index (χ0v) is 9.16. The molecule has 1 aliphatic rings. The van der Waals surface area contributed by atoms with E-state index in [0.29, 0.717) is 12.5 Å². The van der Waals surface area contributed by atoms with Crippen LogP contribution in [0.4, 0.5) is 4.79 Å². The molecule has 0 radical (unpaired) electrons. The van der Waals surface area contributed by atoms with Crippen molar-refractivity contribution in [2.45, 2.75) is 38.8 Å². The molecule has 0 aliphatic heterocycles. The molecular weight excluding hydrogens is 180 g/mol. The molecule has 2 amide bonds. The summed E-state index contributed by atoms with van der Waals surface area (Å²) in [6.07, 6.45) is 1.85.